The summed E-state index contributed by atoms with van der Waals surface area (Å²) in [6.45, 7) is 61.9. The molecule has 1 fully saturated rings. The highest BCUT2D eigenvalue weighted by molar-refractivity contribution is 5.76. The Morgan fingerprint density at radius 1 is 0.474 bits per heavy atom. The quantitative estimate of drug-likeness (QED) is 0.0199. The van der Waals surface area contributed by atoms with Gasteiger partial charge in [0.1, 0.15) is 36.6 Å². The van der Waals surface area contributed by atoms with Crippen molar-refractivity contribution in [2.75, 3.05) is 95.7 Å². The maximum Gasteiger partial charge on any atom is 0.323 e. The number of carboxylic acids is 4. The first kappa shape index (κ1) is 126. The van der Waals surface area contributed by atoms with Crippen molar-refractivity contribution in [1.82, 2.24) is 57.7 Å². The Kier molecular flexibility index (Phi) is 89.0. The van der Waals surface area contributed by atoms with Gasteiger partial charge in [-0.3, -0.25) is 33.8 Å². The van der Waals surface area contributed by atoms with E-state index in [1.54, 1.807) is 21.0 Å². The Hall–Kier alpha value is -3.54. The molecule has 0 saturated carbocycles. The van der Waals surface area contributed by atoms with Crippen molar-refractivity contribution in [3.63, 3.8) is 0 Å². The standard InChI is InChI=1S/C18H36N2O2.C14H30N2O2.C13H28N2O2.C13H30N2.C7H15NO2.C7H17NO.C7H15NO.C5H10O3.C5H12O/c1-7-14(5)17(18(21)22-16(8-2)9-3)20-11-13(4)10-15(12-20)19-6;1-7-11(4)13(14(17)18)16(6)9-12(15-5)8-10(2)3;1-6-10(4)12(13(16)17)15-8-11(14-5)7-9(2)3;1-7-11(4)12(5)15-9-13(14-6)8-10(2)3;1-5(2)4-6(8-3)7(9)10;2*1-6(2)4-7(5-9)8-3;1-2-4(6)3-5(7)8;1-3-5(6)4-2/h13-17,19H,7-12H2,1-6H3;10-13,15H,7-9H2,1-6H3,(H,17,18);9-12,14-15H,6-8H2,1-5H3,(H,16,17);10-15H,7-9H2,1-6H3;5-6,8H,4H2,1-3H3,(H,9,10);6-9H,4-5H2,1-3H3;5-8H,4H2,1-3H3;4,6H,2-3H2,1H3,(H,7,8);5-6H,3-4H2,1-2H3/t13?,14?,15-,17+;11?,12-,13+;10?,11-,12+;11?,12-,13-;6-;2*7-;;/m1111111../s1. The summed E-state index contributed by atoms with van der Waals surface area (Å²) in [7, 11) is 15.2. The van der Waals surface area contributed by atoms with Crippen molar-refractivity contribution in [3.05, 3.63) is 0 Å². The lowest BCUT2D eigenvalue weighted by molar-refractivity contribution is -0.159. The molecule has 0 radical (unpaired) electrons. The van der Waals surface area contributed by atoms with E-state index in [1.807, 2.05) is 95.5 Å². The van der Waals surface area contributed by atoms with Gasteiger partial charge in [-0.15, -0.1) is 0 Å². The second-order valence-corrected chi connectivity index (χ2v) is 34.5. The summed E-state index contributed by atoms with van der Waals surface area (Å²) in [5.74, 6) is 2.49. The van der Waals surface area contributed by atoms with Gasteiger partial charge in [-0.2, -0.15) is 0 Å². The van der Waals surface area contributed by atoms with E-state index in [1.165, 1.54) is 19.3 Å². The van der Waals surface area contributed by atoms with Crippen LogP contribution in [0.15, 0.2) is 0 Å². The number of ether oxygens (including phenoxy) is 1. The third kappa shape index (κ3) is 73.6. The summed E-state index contributed by atoms with van der Waals surface area (Å²) in [5.41, 5.74) is 0. The number of hydrogen-bond acceptors (Lipinski definition) is 21. The summed E-state index contributed by atoms with van der Waals surface area (Å²) in [4.78, 5) is 70.0. The Bertz CT molecular complexity index is 2180. The second kappa shape index (κ2) is 80.5. The largest absolute Gasteiger partial charge is 0.481 e. The van der Waals surface area contributed by atoms with Gasteiger partial charge in [0.25, 0.3) is 0 Å². The van der Waals surface area contributed by atoms with Crippen LogP contribution in [0.4, 0.5) is 0 Å². The molecule has 0 amide bonds. The normalized spacial score (nSPS) is 17.4. The zero-order valence-electron chi connectivity index (χ0n) is 80.2. The van der Waals surface area contributed by atoms with Crippen LogP contribution < -0.4 is 47.9 Å². The van der Waals surface area contributed by atoms with Crippen molar-refractivity contribution in [1.29, 1.82) is 0 Å². The minimum Gasteiger partial charge on any atom is -0.481 e. The number of likely N-dealkylation sites (tertiary alicyclic amines) is 1. The highest BCUT2D eigenvalue weighted by atomic mass is 16.5. The number of carbonyl (C=O) groups excluding carboxylic acids is 2. The number of aldehydes is 1. The molecule has 1 aliphatic heterocycles. The zero-order valence-corrected chi connectivity index (χ0v) is 80.2. The van der Waals surface area contributed by atoms with Gasteiger partial charge in [0.05, 0.1) is 31.3 Å². The van der Waals surface area contributed by atoms with Gasteiger partial charge < -0.3 is 93.1 Å². The average molecular weight is 1640 g/mol. The topological polar surface area (TPSA) is 368 Å². The van der Waals surface area contributed by atoms with E-state index >= 15 is 0 Å². The number of likely N-dealkylation sites (N-methyl/N-ethyl adjacent to an activating group) is 8. The van der Waals surface area contributed by atoms with Crippen LogP contribution in [0.2, 0.25) is 0 Å². The molecule has 0 aromatic rings. The van der Waals surface area contributed by atoms with Crippen LogP contribution in [0, 0.1) is 65.1 Å². The Morgan fingerprint density at radius 3 is 1.16 bits per heavy atom. The first-order valence-electron chi connectivity index (χ1n) is 44.3. The number of aliphatic hydroxyl groups is 3. The number of hydrogen-bond donors (Lipinski definition) is 16. The van der Waals surface area contributed by atoms with Crippen LogP contribution in [0.3, 0.4) is 0 Å². The van der Waals surface area contributed by atoms with E-state index in [2.05, 4.69) is 184 Å². The number of nitrogens with one attached hydrogen (secondary N) is 9. The SMILES string of the molecule is CCC(C)[C@@H](C(=O)O)N(C)C[C@@H](CC(C)C)NC.CCC(C)[C@@H](C)NC[C@@H](CC(C)C)NC.CCC(C)[C@H](NC[C@@H](CC(C)C)NC)C(=O)O.CCC(CC)OC(=O)[C@H](C(C)CC)N1CC(C)C[C@@H](NC)C1.CCC(O)CC.CCC(O)CC(=O)O.CN[C@@H](C=O)CC(C)C.CN[C@@H](CO)CC(C)C.CN[C@H](CC(C)C)C(=O)O. The van der Waals surface area contributed by atoms with Crippen LogP contribution in [-0.2, 0) is 33.5 Å². The molecule has 1 heterocycles. The first-order valence-corrected chi connectivity index (χ1v) is 44.3. The summed E-state index contributed by atoms with van der Waals surface area (Å²) < 4.78 is 5.79. The van der Waals surface area contributed by atoms with Gasteiger partial charge in [-0.05, 0) is 205 Å². The molecule has 25 nitrogen and oxygen atoms in total. The molecule has 0 aromatic carbocycles. The number of carboxylic acid groups (broad SMARTS) is 4. The van der Waals surface area contributed by atoms with E-state index < -0.39 is 42.1 Å². The highest BCUT2D eigenvalue weighted by Crippen LogP contribution is 2.26. The van der Waals surface area contributed by atoms with Crippen molar-refractivity contribution in [3.8, 4) is 0 Å². The number of piperidine rings is 1. The zero-order chi connectivity index (χ0) is 90.5. The van der Waals surface area contributed by atoms with Crippen molar-refractivity contribution >= 4 is 36.1 Å². The van der Waals surface area contributed by atoms with E-state index in [9.17, 15) is 33.9 Å². The molecule has 0 spiro atoms. The van der Waals surface area contributed by atoms with Gasteiger partial charge in [0.15, 0.2) is 0 Å². The molecule has 0 bridgehead atoms. The smallest absolute Gasteiger partial charge is 0.323 e. The Balaban J connectivity index is -0.000000190. The third-order valence-corrected chi connectivity index (χ3v) is 21.1. The van der Waals surface area contributed by atoms with Crippen LogP contribution >= 0.6 is 0 Å². The number of aliphatic carboxylic acids is 4. The van der Waals surface area contributed by atoms with Crippen molar-refractivity contribution in [2.24, 2.45) is 65.1 Å². The molecule has 1 aliphatic rings. The Labute approximate surface area is 701 Å². The summed E-state index contributed by atoms with van der Waals surface area (Å²) in [5, 5.41) is 89.9. The van der Waals surface area contributed by atoms with Gasteiger partial charge >= 0.3 is 29.8 Å². The average Bonchev–Trinajstić information content (AvgIpc) is 0.822. The molecule has 1 saturated heterocycles. The predicted molar refractivity (Wildman–Crippen MR) is 481 cm³/mol. The van der Waals surface area contributed by atoms with Gasteiger partial charge in [-0.25, -0.2) is 0 Å². The molecule has 25 heteroatoms. The molecule has 688 valence electrons. The van der Waals surface area contributed by atoms with Crippen LogP contribution in [0.1, 0.15) is 296 Å². The first-order chi connectivity index (χ1) is 53.2. The number of carbonyl (C=O) groups is 6. The number of esters is 1. The van der Waals surface area contributed by atoms with Gasteiger partial charge in [0, 0.05) is 69.0 Å². The maximum atomic E-state index is 12.8. The fourth-order valence-electron chi connectivity index (χ4n) is 12.6. The van der Waals surface area contributed by atoms with Crippen molar-refractivity contribution < 1.29 is 69.2 Å². The van der Waals surface area contributed by atoms with E-state index in [-0.39, 0.29) is 67.2 Å². The monoisotopic (exact) mass is 1640 g/mol. The lowest BCUT2D eigenvalue weighted by Gasteiger charge is -2.42. The molecule has 0 aromatic heterocycles. The lowest BCUT2D eigenvalue weighted by Crippen LogP contribution is -2.56. The minimum absolute atomic E-state index is 0.0213. The molecule has 6 unspecified atom stereocenters. The van der Waals surface area contributed by atoms with Crippen LogP contribution in [-0.4, -0.2) is 262 Å². The van der Waals surface area contributed by atoms with Gasteiger partial charge in [-0.1, -0.05) is 206 Å². The summed E-state index contributed by atoms with van der Waals surface area (Å²) >= 11 is 0. The molecular weight excluding hydrogens is 1450 g/mol. The van der Waals surface area contributed by atoms with Crippen molar-refractivity contribution in [2.45, 2.75) is 381 Å². The fraction of sp³-hybridized carbons (Fsp3) is 0.933. The molecule has 1 rings (SSSR count). The number of rotatable bonds is 51. The summed E-state index contributed by atoms with van der Waals surface area (Å²) in [6, 6.07) is 1.38. The fourth-order valence-corrected chi connectivity index (χ4v) is 12.6. The highest BCUT2D eigenvalue weighted by Gasteiger charge is 2.37. The summed E-state index contributed by atoms with van der Waals surface area (Å²) in [6.07, 6.45) is 15.4. The molecule has 0 aliphatic carbocycles. The van der Waals surface area contributed by atoms with Gasteiger partial charge in [0.2, 0.25) is 0 Å². The minimum atomic E-state index is -0.945. The predicted octanol–water partition coefficient (Wildman–Crippen LogP) is 13.0. The molecule has 17 atom stereocenters. The lowest BCUT2D eigenvalue weighted by atomic mass is 9.90. The molecule has 16 N–H and O–H groups in total. The van der Waals surface area contributed by atoms with E-state index in [0.29, 0.717) is 91.0 Å². The number of aliphatic hydroxyl groups excluding tert-OH is 3. The Morgan fingerprint density at radius 2 is 0.886 bits per heavy atom. The van der Waals surface area contributed by atoms with Crippen LogP contribution in [0.5, 0.6) is 0 Å². The molecule has 114 heavy (non-hydrogen) atoms. The third-order valence-electron chi connectivity index (χ3n) is 21.1. The maximum absolute atomic E-state index is 12.8. The van der Waals surface area contributed by atoms with E-state index in [4.69, 9.17) is 35.4 Å². The van der Waals surface area contributed by atoms with Crippen LogP contribution in [0.25, 0.3) is 0 Å². The molecular formula is C89H193N11O14. The number of nitrogens with zero attached hydrogens (tertiary/aromatic N) is 2. The second-order valence-electron chi connectivity index (χ2n) is 34.5. The van der Waals surface area contributed by atoms with E-state index in [0.717, 1.165) is 115 Å².